The van der Waals surface area contributed by atoms with Gasteiger partial charge < -0.3 is 14.7 Å². The van der Waals surface area contributed by atoms with Crippen molar-refractivity contribution < 1.29 is 23.9 Å². The molecule has 0 fully saturated rings. The maximum atomic E-state index is 12.6. The summed E-state index contributed by atoms with van der Waals surface area (Å²) in [6, 6.07) is 12.5. The normalized spacial score (nSPS) is 15.3. The van der Waals surface area contributed by atoms with Gasteiger partial charge in [0.05, 0.1) is 11.1 Å². The highest BCUT2D eigenvalue weighted by Crippen LogP contribution is 2.55. The average Bonchev–Trinajstić information content (AvgIpc) is 2.80. The molecule has 130 valence electrons. The number of imide groups is 1. The summed E-state index contributed by atoms with van der Waals surface area (Å²) < 4.78 is 12.1. The van der Waals surface area contributed by atoms with Crippen LogP contribution in [-0.4, -0.2) is 40.6 Å². The summed E-state index contributed by atoms with van der Waals surface area (Å²) in [6.45, 7) is 0. The second-order valence-corrected chi connectivity index (χ2v) is 7.64. The van der Waals surface area contributed by atoms with Crippen molar-refractivity contribution in [2.24, 2.45) is 0 Å². The van der Waals surface area contributed by atoms with Gasteiger partial charge >= 0.3 is 7.60 Å². The van der Waals surface area contributed by atoms with Crippen LogP contribution < -0.4 is 4.90 Å². The number of fused-ring (bicyclic) bond motifs is 1. The Morgan fingerprint density at radius 3 is 1.80 bits per heavy atom. The molecule has 2 aromatic rings. The minimum absolute atomic E-state index is 0.149. The third kappa shape index (κ3) is 2.98. The van der Waals surface area contributed by atoms with Gasteiger partial charge in [0.15, 0.2) is 5.78 Å². The van der Waals surface area contributed by atoms with Gasteiger partial charge in [0.25, 0.3) is 11.8 Å². The van der Waals surface area contributed by atoms with Crippen LogP contribution >= 0.6 is 7.60 Å². The van der Waals surface area contributed by atoms with Crippen LogP contribution in [0.2, 0.25) is 0 Å². The quantitative estimate of drug-likeness (QED) is 0.641. The van der Waals surface area contributed by atoms with Gasteiger partial charge in [-0.15, -0.1) is 0 Å². The minimum Gasteiger partial charge on any atom is -0.378 e. The number of carbonyl (C=O) groups excluding carboxylic acids is 2. The lowest BCUT2D eigenvalue weighted by molar-refractivity contribution is 0.0612. The maximum Gasteiger partial charge on any atom is 0.352 e. The van der Waals surface area contributed by atoms with Gasteiger partial charge in [-0.3, -0.25) is 19.1 Å². The van der Waals surface area contributed by atoms with E-state index in [0.29, 0.717) is 4.90 Å². The Hall–Kier alpha value is -2.47. The van der Waals surface area contributed by atoms with Gasteiger partial charge in [-0.25, -0.2) is 0 Å². The maximum absolute atomic E-state index is 12.6. The van der Waals surface area contributed by atoms with Gasteiger partial charge in [-0.2, -0.15) is 0 Å². The number of anilines is 1. The molecule has 1 aliphatic heterocycles. The smallest absolute Gasteiger partial charge is 0.352 e. The number of benzene rings is 2. The number of nitrogens with zero attached hydrogens (tertiary/aromatic N) is 2. The zero-order valence-corrected chi connectivity index (χ0v) is 14.6. The summed E-state index contributed by atoms with van der Waals surface area (Å²) in [5.74, 6) is -3.06. The molecule has 0 saturated carbocycles. The van der Waals surface area contributed by atoms with E-state index in [0.717, 1.165) is 5.69 Å². The Balaban J connectivity index is 2.08. The van der Waals surface area contributed by atoms with Gasteiger partial charge in [0.1, 0.15) is 0 Å². The number of amides is 2. The van der Waals surface area contributed by atoms with E-state index < -0.39 is 25.2 Å². The lowest BCUT2D eigenvalue weighted by atomic mass is 10.1. The molecule has 0 spiro atoms. The largest absolute Gasteiger partial charge is 0.378 e. The molecule has 0 aliphatic carbocycles. The molecule has 1 atom stereocenters. The first kappa shape index (κ1) is 17.4. The standard InChI is InChI=1S/C17H17N2O5P/c1-18(2)12-9-7-11(8-10-12)17(25(22,23)24)19-15(20)13-5-3-4-6-14(13)16(19)21/h3-10,17H,1-2H3,(H2,22,23,24)/t17-/m0/s1. The van der Waals surface area contributed by atoms with Crippen LogP contribution in [0.15, 0.2) is 48.5 Å². The molecule has 0 unspecified atom stereocenters. The number of carbonyl (C=O) groups is 2. The molecule has 1 aliphatic rings. The topological polar surface area (TPSA) is 98.2 Å². The van der Waals surface area contributed by atoms with E-state index in [1.54, 1.807) is 24.3 Å². The highest BCUT2D eigenvalue weighted by molar-refractivity contribution is 7.52. The van der Waals surface area contributed by atoms with Gasteiger partial charge in [-0.05, 0) is 29.8 Å². The second-order valence-electron chi connectivity index (χ2n) is 5.97. The fourth-order valence-electron chi connectivity index (χ4n) is 2.87. The van der Waals surface area contributed by atoms with Crippen LogP contribution in [0.25, 0.3) is 0 Å². The van der Waals surface area contributed by atoms with E-state index in [9.17, 15) is 23.9 Å². The summed E-state index contributed by atoms with van der Waals surface area (Å²) in [5.41, 5.74) is 1.33. The van der Waals surface area contributed by atoms with E-state index in [1.807, 2.05) is 19.0 Å². The number of rotatable bonds is 4. The highest BCUT2D eigenvalue weighted by Gasteiger charge is 2.47. The first-order chi connectivity index (χ1) is 11.7. The van der Waals surface area contributed by atoms with Crippen molar-refractivity contribution in [2.75, 3.05) is 19.0 Å². The summed E-state index contributed by atoms with van der Waals surface area (Å²) in [4.78, 5) is 47.4. The van der Waals surface area contributed by atoms with Crippen LogP contribution in [-0.2, 0) is 4.57 Å². The molecule has 0 radical (unpaired) electrons. The lowest BCUT2D eigenvalue weighted by Gasteiger charge is -2.27. The molecular formula is C17H17N2O5P. The second kappa shape index (κ2) is 6.11. The van der Waals surface area contributed by atoms with Crippen LogP contribution in [0.1, 0.15) is 32.1 Å². The fourth-order valence-corrected chi connectivity index (χ4v) is 3.94. The first-order valence-corrected chi connectivity index (χ1v) is 9.19. The van der Waals surface area contributed by atoms with Gasteiger partial charge in [0, 0.05) is 19.8 Å². The summed E-state index contributed by atoms with van der Waals surface area (Å²) in [7, 11) is -1.15. The Bertz CT molecular complexity index is 853. The van der Waals surface area contributed by atoms with E-state index in [4.69, 9.17) is 0 Å². The molecular weight excluding hydrogens is 343 g/mol. The zero-order chi connectivity index (χ0) is 18.4. The van der Waals surface area contributed by atoms with Crippen LogP contribution in [0.4, 0.5) is 5.69 Å². The van der Waals surface area contributed by atoms with Crippen molar-refractivity contribution in [3.63, 3.8) is 0 Å². The molecule has 2 amide bonds. The molecule has 7 nitrogen and oxygen atoms in total. The van der Waals surface area contributed by atoms with Crippen molar-refractivity contribution >= 4 is 25.1 Å². The SMILES string of the molecule is CN(C)c1ccc([C@@H](N2C(=O)c3ccccc3C2=O)P(=O)(O)O)cc1. The Kier molecular flexibility index (Phi) is 4.24. The highest BCUT2D eigenvalue weighted by atomic mass is 31.2. The van der Waals surface area contributed by atoms with Crippen molar-refractivity contribution in [3.8, 4) is 0 Å². The molecule has 2 N–H and O–H groups in total. The molecule has 0 bridgehead atoms. The third-order valence-corrected chi connectivity index (χ3v) is 5.26. The molecule has 25 heavy (non-hydrogen) atoms. The molecule has 8 heteroatoms. The van der Waals surface area contributed by atoms with E-state index in [1.165, 1.54) is 24.3 Å². The Morgan fingerprint density at radius 2 is 1.40 bits per heavy atom. The van der Waals surface area contributed by atoms with Crippen molar-refractivity contribution in [1.29, 1.82) is 0 Å². The Labute approximate surface area is 144 Å². The van der Waals surface area contributed by atoms with Crippen molar-refractivity contribution in [1.82, 2.24) is 4.90 Å². The molecule has 3 rings (SSSR count). The van der Waals surface area contributed by atoms with Crippen LogP contribution in [0.5, 0.6) is 0 Å². The predicted octanol–water partition coefficient (Wildman–Crippen LogP) is 2.23. The predicted molar refractivity (Wildman–Crippen MR) is 92.5 cm³/mol. The third-order valence-electron chi connectivity index (χ3n) is 4.10. The summed E-state index contributed by atoms with van der Waals surface area (Å²) >= 11 is 0. The summed E-state index contributed by atoms with van der Waals surface area (Å²) in [5, 5.41) is 0. The monoisotopic (exact) mass is 360 g/mol. The first-order valence-electron chi connectivity index (χ1n) is 7.51. The van der Waals surface area contributed by atoms with E-state index in [-0.39, 0.29) is 16.7 Å². The van der Waals surface area contributed by atoms with E-state index in [2.05, 4.69) is 0 Å². The Morgan fingerprint density at radius 1 is 0.920 bits per heavy atom. The zero-order valence-electron chi connectivity index (χ0n) is 13.7. The van der Waals surface area contributed by atoms with Gasteiger partial charge in [-0.1, -0.05) is 24.3 Å². The fraction of sp³-hybridized carbons (Fsp3) is 0.176. The lowest BCUT2D eigenvalue weighted by Crippen LogP contribution is -2.34. The number of hydrogen-bond acceptors (Lipinski definition) is 4. The van der Waals surface area contributed by atoms with Crippen molar-refractivity contribution in [2.45, 2.75) is 5.78 Å². The van der Waals surface area contributed by atoms with Crippen LogP contribution in [0.3, 0.4) is 0 Å². The molecule has 2 aromatic carbocycles. The summed E-state index contributed by atoms with van der Waals surface area (Å²) in [6.07, 6.45) is 0. The molecule has 0 saturated heterocycles. The molecule has 0 aromatic heterocycles. The number of hydrogen-bond donors (Lipinski definition) is 2. The molecule has 1 heterocycles. The average molecular weight is 360 g/mol. The van der Waals surface area contributed by atoms with Crippen molar-refractivity contribution in [3.05, 3.63) is 65.2 Å². The van der Waals surface area contributed by atoms with Gasteiger partial charge in [0.2, 0.25) is 0 Å². The minimum atomic E-state index is -4.82. The van der Waals surface area contributed by atoms with Crippen LogP contribution in [0, 0.1) is 0 Å². The van der Waals surface area contributed by atoms with E-state index >= 15 is 0 Å².